The summed E-state index contributed by atoms with van der Waals surface area (Å²) in [5.41, 5.74) is 0.581. The molecule has 1 aromatic heterocycles. The number of halogens is 4. The van der Waals surface area contributed by atoms with E-state index in [1.165, 1.54) is 0 Å². The maximum atomic E-state index is 12.1. The molecule has 4 nitrogen and oxygen atoms in total. The van der Waals surface area contributed by atoms with E-state index in [9.17, 15) is 18.0 Å². The number of rotatable bonds is 3. The van der Waals surface area contributed by atoms with E-state index in [0.717, 1.165) is 4.47 Å². The van der Waals surface area contributed by atoms with Crippen molar-refractivity contribution in [2.24, 2.45) is 0 Å². The van der Waals surface area contributed by atoms with Crippen LogP contribution in [0.15, 0.2) is 33.3 Å². The minimum Gasteiger partial charge on any atom is -0.338 e. The predicted octanol–water partition coefficient (Wildman–Crippen LogP) is 3.17. The molecule has 0 aliphatic heterocycles. The Morgan fingerprint density at radius 2 is 1.89 bits per heavy atom. The lowest BCUT2D eigenvalue weighted by Gasteiger charge is -2.00. The van der Waals surface area contributed by atoms with Crippen LogP contribution in [0, 0.1) is 0 Å². The molecule has 0 N–H and O–H groups in total. The van der Waals surface area contributed by atoms with Gasteiger partial charge < -0.3 is 4.52 Å². The van der Waals surface area contributed by atoms with Crippen LogP contribution in [-0.2, 0) is 11.2 Å². The largest absolute Gasteiger partial charge is 0.450 e. The number of alkyl halides is 3. The highest BCUT2D eigenvalue weighted by molar-refractivity contribution is 9.10. The molecule has 0 saturated carbocycles. The van der Waals surface area contributed by atoms with Gasteiger partial charge in [0.25, 0.3) is 0 Å². The first-order valence-electron chi connectivity index (χ1n) is 5.05. The van der Waals surface area contributed by atoms with Crippen LogP contribution < -0.4 is 0 Å². The highest BCUT2D eigenvalue weighted by Gasteiger charge is 2.39. The van der Waals surface area contributed by atoms with Crippen LogP contribution in [0.5, 0.6) is 0 Å². The summed E-state index contributed by atoms with van der Waals surface area (Å²) < 4.78 is 41.7. The maximum absolute atomic E-state index is 12.1. The number of nitrogens with zero attached hydrogens (tertiary/aromatic N) is 2. The molecule has 2 aromatic rings. The smallest absolute Gasteiger partial charge is 0.338 e. The van der Waals surface area contributed by atoms with Crippen molar-refractivity contribution in [1.29, 1.82) is 0 Å². The predicted molar refractivity (Wildman–Crippen MR) is 62.2 cm³/mol. The van der Waals surface area contributed by atoms with Gasteiger partial charge in [-0.05, 0) is 24.3 Å². The average molecular weight is 335 g/mol. The van der Waals surface area contributed by atoms with Crippen molar-refractivity contribution in [3.8, 4) is 11.4 Å². The lowest BCUT2D eigenvalue weighted by Crippen LogP contribution is -2.24. The number of aromatic nitrogens is 2. The number of carbonyl (C=O) groups is 1. The quantitative estimate of drug-likeness (QED) is 0.865. The number of ketones is 1. The van der Waals surface area contributed by atoms with Gasteiger partial charge in [0.2, 0.25) is 17.5 Å². The van der Waals surface area contributed by atoms with E-state index in [2.05, 4.69) is 30.6 Å². The molecular formula is C11H6BrF3N2O2. The fraction of sp³-hybridized carbons (Fsp3) is 0.182. The van der Waals surface area contributed by atoms with Crippen LogP contribution in [0.4, 0.5) is 13.2 Å². The second-order valence-electron chi connectivity index (χ2n) is 3.62. The molecule has 0 radical (unpaired) electrons. The van der Waals surface area contributed by atoms with Crippen molar-refractivity contribution in [2.45, 2.75) is 12.6 Å². The van der Waals surface area contributed by atoms with Gasteiger partial charge in [0, 0.05) is 10.0 Å². The highest BCUT2D eigenvalue weighted by atomic mass is 79.9. The summed E-state index contributed by atoms with van der Waals surface area (Å²) >= 11 is 3.24. The molecule has 0 aliphatic rings. The second-order valence-corrected chi connectivity index (χ2v) is 4.53. The molecule has 0 fully saturated rings. The minimum atomic E-state index is -4.90. The van der Waals surface area contributed by atoms with Crippen molar-refractivity contribution in [3.05, 3.63) is 34.6 Å². The van der Waals surface area contributed by atoms with Crippen molar-refractivity contribution in [2.75, 3.05) is 0 Å². The van der Waals surface area contributed by atoms with Gasteiger partial charge in [-0.25, -0.2) is 0 Å². The van der Waals surface area contributed by atoms with Gasteiger partial charge in [-0.15, -0.1) is 0 Å². The summed E-state index contributed by atoms with van der Waals surface area (Å²) in [6.07, 6.45) is -5.85. The third kappa shape index (κ3) is 3.40. The zero-order valence-electron chi connectivity index (χ0n) is 9.24. The van der Waals surface area contributed by atoms with E-state index in [-0.39, 0.29) is 11.7 Å². The molecular weight excluding hydrogens is 329 g/mol. The average Bonchev–Trinajstić information content (AvgIpc) is 2.77. The number of Topliss-reactive ketones (excluding diaryl/α,β-unsaturated/α-hetero) is 1. The van der Waals surface area contributed by atoms with Crippen LogP contribution in [0.2, 0.25) is 0 Å². The fourth-order valence-corrected chi connectivity index (χ4v) is 1.54. The SMILES string of the molecule is O=C(Cc1nc(-c2ccc(Br)cc2)no1)C(F)(F)F. The lowest BCUT2D eigenvalue weighted by molar-refractivity contribution is -0.170. The Bertz CT molecular complexity index is 593. The maximum Gasteiger partial charge on any atom is 0.450 e. The number of hydrogen-bond donors (Lipinski definition) is 0. The standard InChI is InChI=1S/C11H6BrF3N2O2/c12-7-3-1-6(2-4-7)10-16-9(19-17-10)5-8(18)11(13,14)15/h1-4H,5H2. The Kier molecular flexibility index (Phi) is 3.70. The van der Waals surface area contributed by atoms with E-state index >= 15 is 0 Å². The summed E-state index contributed by atoms with van der Waals surface area (Å²) in [5.74, 6) is -2.14. The van der Waals surface area contributed by atoms with Crippen molar-refractivity contribution >= 4 is 21.7 Å². The van der Waals surface area contributed by atoms with Gasteiger partial charge in [-0.1, -0.05) is 21.1 Å². The lowest BCUT2D eigenvalue weighted by atomic mass is 10.2. The molecule has 100 valence electrons. The van der Waals surface area contributed by atoms with E-state index in [1.807, 2.05) is 0 Å². The monoisotopic (exact) mass is 334 g/mol. The first-order valence-corrected chi connectivity index (χ1v) is 5.84. The molecule has 1 heterocycles. The first kappa shape index (κ1) is 13.7. The molecule has 0 saturated heterocycles. The van der Waals surface area contributed by atoms with Crippen molar-refractivity contribution in [1.82, 2.24) is 10.1 Å². The van der Waals surface area contributed by atoms with E-state index in [4.69, 9.17) is 0 Å². The normalized spacial score (nSPS) is 11.6. The van der Waals surface area contributed by atoms with Crippen molar-refractivity contribution < 1.29 is 22.5 Å². The van der Waals surface area contributed by atoms with Crippen molar-refractivity contribution in [3.63, 3.8) is 0 Å². The molecule has 8 heteroatoms. The number of hydrogen-bond acceptors (Lipinski definition) is 4. The topological polar surface area (TPSA) is 56.0 Å². The van der Waals surface area contributed by atoms with Crippen LogP contribution in [0.3, 0.4) is 0 Å². The van der Waals surface area contributed by atoms with Crippen LogP contribution in [-0.4, -0.2) is 22.1 Å². The van der Waals surface area contributed by atoms with Gasteiger partial charge in [-0.2, -0.15) is 18.2 Å². The Morgan fingerprint density at radius 1 is 1.26 bits per heavy atom. The second kappa shape index (κ2) is 5.12. The van der Waals surface area contributed by atoms with Crippen LogP contribution in [0.1, 0.15) is 5.89 Å². The Balaban J connectivity index is 2.16. The third-order valence-corrected chi connectivity index (χ3v) is 2.73. The van der Waals surface area contributed by atoms with Gasteiger partial charge in [0.05, 0.1) is 6.42 Å². The summed E-state index contributed by atoms with van der Waals surface area (Å²) in [6.45, 7) is 0. The summed E-state index contributed by atoms with van der Waals surface area (Å²) in [5, 5.41) is 3.53. The highest BCUT2D eigenvalue weighted by Crippen LogP contribution is 2.21. The van der Waals surface area contributed by atoms with Crippen LogP contribution in [0.25, 0.3) is 11.4 Å². The molecule has 0 bridgehead atoms. The Hall–Kier alpha value is -1.70. The molecule has 19 heavy (non-hydrogen) atoms. The Morgan fingerprint density at radius 3 is 2.47 bits per heavy atom. The molecule has 1 aromatic carbocycles. The van der Waals surface area contributed by atoms with E-state index < -0.39 is 18.4 Å². The molecule has 0 aliphatic carbocycles. The first-order chi connectivity index (χ1) is 8.86. The zero-order valence-corrected chi connectivity index (χ0v) is 10.8. The van der Waals surface area contributed by atoms with E-state index in [1.54, 1.807) is 24.3 Å². The third-order valence-electron chi connectivity index (χ3n) is 2.20. The minimum absolute atomic E-state index is 0.137. The van der Waals surface area contributed by atoms with E-state index in [0.29, 0.717) is 5.56 Å². The fourth-order valence-electron chi connectivity index (χ4n) is 1.28. The molecule has 0 spiro atoms. The number of carbonyl (C=O) groups excluding carboxylic acids is 1. The van der Waals surface area contributed by atoms with Gasteiger partial charge in [0.1, 0.15) is 0 Å². The van der Waals surface area contributed by atoms with Gasteiger partial charge in [-0.3, -0.25) is 4.79 Å². The summed E-state index contributed by atoms with van der Waals surface area (Å²) in [7, 11) is 0. The van der Waals surface area contributed by atoms with Crippen LogP contribution >= 0.6 is 15.9 Å². The zero-order chi connectivity index (χ0) is 14.0. The Labute approximate surface area is 113 Å². The summed E-state index contributed by atoms with van der Waals surface area (Å²) in [4.78, 5) is 14.5. The van der Waals surface area contributed by atoms with Gasteiger partial charge in [0.15, 0.2) is 0 Å². The molecule has 0 amide bonds. The molecule has 0 atom stereocenters. The molecule has 0 unspecified atom stereocenters. The molecule has 2 rings (SSSR count). The summed E-state index contributed by atoms with van der Waals surface area (Å²) in [6, 6.07) is 6.80. The van der Waals surface area contributed by atoms with Gasteiger partial charge >= 0.3 is 6.18 Å². The number of benzene rings is 1.